The van der Waals surface area contributed by atoms with Crippen molar-refractivity contribution in [1.82, 2.24) is 0 Å². The van der Waals surface area contributed by atoms with Gasteiger partial charge in [0.15, 0.2) is 0 Å². The minimum absolute atomic E-state index is 0.322. The maximum absolute atomic E-state index is 11.3. The van der Waals surface area contributed by atoms with Gasteiger partial charge >= 0.3 is 0 Å². The number of hydrogen-bond acceptors (Lipinski definition) is 2. The molecule has 0 fully saturated rings. The van der Waals surface area contributed by atoms with Crippen LogP contribution in [0.15, 0.2) is 23.3 Å². The van der Waals surface area contributed by atoms with E-state index in [4.69, 9.17) is 0 Å². The maximum Gasteiger partial charge on any atom is 0.229 e. The summed E-state index contributed by atoms with van der Waals surface area (Å²) < 4.78 is 0. The second-order valence-corrected chi connectivity index (χ2v) is 2.75. The fourth-order valence-corrected chi connectivity index (χ4v) is 1.20. The summed E-state index contributed by atoms with van der Waals surface area (Å²) in [7, 11) is 0. The lowest BCUT2D eigenvalue weighted by atomic mass is 9.93. The molecule has 0 N–H and O–H groups in total. The molecule has 0 spiro atoms. The summed E-state index contributed by atoms with van der Waals surface area (Å²) in [5, 5.41) is 0. The van der Waals surface area contributed by atoms with Gasteiger partial charge in [0.05, 0.1) is 0 Å². The van der Waals surface area contributed by atoms with E-state index in [0.29, 0.717) is 24.0 Å². The lowest BCUT2D eigenvalue weighted by Gasteiger charge is -2.08. The molecule has 0 aromatic carbocycles. The maximum atomic E-state index is 11.3. The van der Waals surface area contributed by atoms with Crippen LogP contribution >= 0.6 is 0 Å². The first-order valence-corrected chi connectivity index (χ1v) is 4.19. The Kier molecular flexibility index (Phi) is 2.58. The van der Waals surface area contributed by atoms with Crippen LogP contribution in [-0.2, 0) is 9.59 Å². The fourth-order valence-electron chi connectivity index (χ4n) is 1.20. The van der Waals surface area contributed by atoms with E-state index in [9.17, 15) is 9.59 Å². The minimum Gasteiger partial charge on any atom is -0.285 e. The summed E-state index contributed by atoms with van der Waals surface area (Å²) >= 11 is 0. The van der Waals surface area contributed by atoms with E-state index in [0.717, 1.165) is 0 Å². The van der Waals surface area contributed by atoms with E-state index in [1.807, 2.05) is 13.8 Å². The number of ketones is 2. The first-order chi connectivity index (χ1) is 5.70. The monoisotopic (exact) mass is 164 g/mol. The van der Waals surface area contributed by atoms with Gasteiger partial charge in [0.1, 0.15) is 0 Å². The van der Waals surface area contributed by atoms with Crippen molar-refractivity contribution in [2.45, 2.75) is 26.7 Å². The average molecular weight is 164 g/mol. The fraction of sp³-hybridized carbons (Fsp3) is 0.400. The number of carbonyl (C=O) groups excluding carboxylic acids is 2. The molecule has 1 aliphatic rings. The second-order valence-electron chi connectivity index (χ2n) is 2.75. The van der Waals surface area contributed by atoms with Gasteiger partial charge in [0, 0.05) is 11.1 Å². The third-order valence-electron chi connectivity index (χ3n) is 2.04. The predicted octanol–water partition coefficient (Wildman–Crippen LogP) is 1.81. The highest BCUT2D eigenvalue weighted by molar-refractivity contribution is 6.49. The largest absolute Gasteiger partial charge is 0.285 e. The van der Waals surface area contributed by atoms with Gasteiger partial charge < -0.3 is 0 Å². The SMILES string of the molecule is CCC1=CC=C(CC)C(=O)C1=O. The summed E-state index contributed by atoms with van der Waals surface area (Å²) in [5.41, 5.74) is 1.24. The molecule has 0 unspecified atom stereocenters. The molecule has 0 saturated carbocycles. The number of carbonyl (C=O) groups is 2. The van der Waals surface area contributed by atoms with Crippen LogP contribution in [-0.4, -0.2) is 11.6 Å². The Balaban J connectivity index is 3.00. The Hall–Kier alpha value is -1.18. The van der Waals surface area contributed by atoms with E-state index >= 15 is 0 Å². The van der Waals surface area contributed by atoms with Crippen molar-refractivity contribution < 1.29 is 9.59 Å². The second kappa shape index (κ2) is 3.48. The van der Waals surface area contributed by atoms with Crippen LogP contribution in [0.3, 0.4) is 0 Å². The first-order valence-electron chi connectivity index (χ1n) is 4.19. The zero-order valence-corrected chi connectivity index (χ0v) is 7.39. The highest BCUT2D eigenvalue weighted by atomic mass is 16.2. The van der Waals surface area contributed by atoms with Crippen molar-refractivity contribution in [3.05, 3.63) is 23.3 Å². The first kappa shape index (κ1) is 8.91. The Morgan fingerprint density at radius 3 is 1.50 bits per heavy atom. The van der Waals surface area contributed by atoms with Crippen LogP contribution < -0.4 is 0 Å². The summed E-state index contributed by atoms with van der Waals surface area (Å²) in [6, 6.07) is 0. The van der Waals surface area contributed by atoms with Gasteiger partial charge in [0.2, 0.25) is 11.6 Å². The normalized spacial score (nSPS) is 17.5. The topological polar surface area (TPSA) is 34.1 Å². The van der Waals surface area contributed by atoms with Crippen molar-refractivity contribution in [3.8, 4) is 0 Å². The van der Waals surface area contributed by atoms with Crippen LogP contribution in [0.25, 0.3) is 0 Å². The zero-order valence-electron chi connectivity index (χ0n) is 7.39. The molecule has 0 aliphatic heterocycles. The standard InChI is InChI=1S/C10H12O2/c1-3-7-5-6-8(4-2)10(12)9(7)11/h5-6H,3-4H2,1-2H3. The quantitative estimate of drug-likeness (QED) is 0.460. The number of rotatable bonds is 2. The Morgan fingerprint density at radius 2 is 1.25 bits per heavy atom. The molecule has 0 aromatic rings. The molecule has 1 aliphatic carbocycles. The summed E-state index contributed by atoms with van der Waals surface area (Å²) in [5.74, 6) is -0.645. The molecule has 2 nitrogen and oxygen atoms in total. The molecule has 12 heavy (non-hydrogen) atoms. The third kappa shape index (κ3) is 1.37. The van der Waals surface area contributed by atoms with E-state index in [1.165, 1.54) is 0 Å². The summed E-state index contributed by atoms with van der Waals surface area (Å²) in [6.07, 6.45) is 4.78. The van der Waals surface area contributed by atoms with Gasteiger partial charge in [-0.05, 0) is 12.8 Å². The third-order valence-corrected chi connectivity index (χ3v) is 2.04. The smallest absolute Gasteiger partial charge is 0.229 e. The van der Waals surface area contributed by atoms with Crippen LogP contribution in [0.4, 0.5) is 0 Å². The molecule has 0 aromatic heterocycles. The average Bonchev–Trinajstić information content (AvgIpc) is 2.10. The van der Waals surface area contributed by atoms with E-state index in [2.05, 4.69) is 0 Å². The highest BCUT2D eigenvalue weighted by Gasteiger charge is 2.22. The van der Waals surface area contributed by atoms with Crippen molar-refractivity contribution in [2.75, 3.05) is 0 Å². The van der Waals surface area contributed by atoms with Gasteiger partial charge in [-0.1, -0.05) is 26.0 Å². The molecule has 0 saturated heterocycles. The lowest BCUT2D eigenvalue weighted by Crippen LogP contribution is -2.20. The van der Waals surface area contributed by atoms with Crippen LogP contribution in [0.1, 0.15) is 26.7 Å². The highest BCUT2D eigenvalue weighted by Crippen LogP contribution is 2.16. The molecule has 2 heteroatoms. The van der Waals surface area contributed by atoms with Crippen molar-refractivity contribution in [1.29, 1.82) is 0 Å². The van der Waals surface area contributed by atoms with Gasteiger partial charge in [-0.2, -0.15) is 0 Å². The van der Waals surface area contributed by atoms with Gasteiger partial charge in [-0.3, -0.25) is 9.59 Å². The lowest BCUT2D eigenvalue weighted by molar-refractivity contribution is -0.132. The Morgan fingerprint density at radius 1 is 0.917 bits per heavy atom. The van der Waals surface area contributed by atoms with Crippen molar-refractivity contribution >= 4 is 11.6 Å². The summed E-state index contributed by atoms with van der Waals surface area (Å²) in [6.45, 7) is 3.75. The summed E-state index contributed by atoms with van der Waals surface area (Å²) in [4.78, 5) is 22.5. The zero-order chi connectivity index (χ0) is 9.14. The van der Waals surface area contributed by atoms with Gasteiger partial charge in [-0.15, -0.1) is 0 Å². The van der Waals surface area contributed by atoms with Crippen LogP contribution in [0.5, 0.6) is 0 Å². The van der Waals surface area contributed by atoms with Gasteiger partial charge in [0.25, 0.3) is 0 Å². The molecule has 64 valence electrons. The predicted molar refractivity (Wildman–Crippen MR) is 46.8 cm³/mol. The Bertz CT molecular complexity index is 252. The van der Waals surface area contributed by atoms with Crippen molar-refractivity contribution in [2.24, 2.45) is 0 Å². The number of allylic oxidation sites excluding steroid dienone is 4. The minimum atomic E-state index is -0.322. The Labute approximate surface area is 72.0 Å². The number of Topliss-reactive ketones (excluding diaryl/α,β-unsaturated/α-hetero) is 2. The van der Waals surface area contributed by atoms with Crippen molar-refractivity contribution in [3.63, 3.8) is 0 Å². The molecular formula is C10H12O2. The van der Waals surface area contributed by atoms with Gasteiger partial charge in [-0.25, -0.2) is 0 Å². The molecule has 1 rings (SSSR count). The van der Waals surface area contributed by atoms with E-state index in [1.54, 1.807) is 12.2 Å². The van der Waals surface area contributed by atoms with E-state index < -0.39 is 0 Å². The molecule has 0 bridgehead atoms. The van der Waals surface area contributed by atoms with E-state index in [-0.39, 0.29) is 11.6 Å². The van der Waals surface area contributed by atoms with Crippen LogP contribution in [0, 0.1) is 0 Å². The number of hydrogen-bond donors (Lipinski definition) is 0. The molecular weight excluding hydrogens is 152 g/mol. The molecule has 0 radical (unpaired) electrons. The molecule has 0 amide bonds. The molecule has 0 heterocycles. The molecule has 0 atom stereocenters. The van der Waals surface area contributed by atoms with Crippen LogP contribution in [0.2, 0.25) is 0 Å².